The Hall–Kier alpha value is -0.120. The molecule has 0 spiro atoms. The van der Waals surface area contributed by atoms with Crippen LogP contribution in [0.3, 0.4) is 0 Å². The second kappa shape index (κ2) is 6.72. The Bertz CT molecular complexity index is 220. The molecule has 0 amide bonds. The number of hydrogen-bond donors (Lipinski definition) is 1. The third kappa shape index (κ3) is 3.94. The van der Waals surface area contributed by atoms with Gasteiger partial charge in [-0.3, -0.25) is 0 Å². The highest BCUT2D eigenvalue weighted by Crippen LogP contribution is 2.20. The van der Waals surface area contributed by atoms with Crippen LogP contribution >= 0.6 is 0 Å². The maximum Gasteiger partial charge on any atom is 0.0220 e. The van der Waals surface area contributed by atoms with Crippen molar-refractivity contribution in [2.45, 2.75) is 38.6 Å². The number of piperidine rings is 1. The van der Waals surface area contributed by atoms with E-state index in [1.54, 1.807) is 0 Å². The summed E-state index contributed by atoms with van der Waals surface area (Å²) < 4.78 is 0. The molecule has 17 heavy (non-hydrogen) atoms. The van der Waals surface area contributed by atoms with Gasteiger partial charge in [-0.1, -0.05) is 13.3 Å². The van der Waals surface area contributed by atoms with Gasteiger partial charge in [0.2, 0.25) is 0 Å². The van der Waals surface area contributed by atoms with Crippen LogP contribution in [-0.4, -0.2) is 62.2 Å². The molecule has 0 aromatic heterocycles. The molecule has 2 rings (SSSR count). The standard InChI is InChI=1S/C14H29N3/c1-3-15-10-13-7-9-17(11-13)12-14-6-4-5-8-16(14)2/h13-15H,3-12H2,1-2H3. The fourth-order valence-electron chi connectivity index (χ4n) is 3.27. The van der Waals surface area contributed by atoms with Gasteiger partial charge < -0.3 is 15.1 Å². The van der Waals surface area contributed by atoms with Crippen molar-refractivity contribution in [1.29, 1.82) is 0 Å². The highest BCUT2D eigenvalue weighted by atomic mass is 15.2. The SMILES string of the molecule is CCNCC1CCN(CC2CCCCN2C)C1. The number of rotatable bonds is 5. The average molecular weight is 239 g/mol. The first kappa shape index (κ1) is 13.3. The molecule has 0 aliphatic carbocycles. The predicted octanol–water partition coefficient (Wildman–Crippen LogP) is 1.40. The first-order chi connectivity index (χ1) is 8.29. The lowest BCUT2D eigenvalue weighted by Crippen LogP contribution is -2.44. The molecule has 1 N–H and O–H groups in total. The van der Waals surface area contributed by atoms with Crippen LogP contribution in [0.5, 0.6) is 0 Å². The average Bonchev–Trinajstić information content (AvgIpc) is 2.77. The molecule has 0 saturated carbocycles. The van der Waals surface area contributed by atoms with Crippen LogP contribution in [0.25, 0.3) is 0 Å². The molecule has 2 saturated heterocycles. The lowest BCUT2D eigenvalue weighted by atomic mass is 10.0. The van der Waals surface area contributed by atoms with Gasteiger partial charge in [-0.05, 0) is 58.4 Å². The van der Waals surface area contributed by atoms with E-state index in [0.29, 0.717) is 0 Å². The zero-order chi connectivity index (χ0) is 12.1. The number of likely N-dealkylation sites (tertiary alicyclic amines) is 2. The van der Waals surface area contributed by atoms with Crippen molar-refractivity contribution in [3.8, 4) is 0 Å². The van der Waals surface area contributed by atoms with E-state index in [9.17, 15) is 0 Å². The lowest BCUT2D eigenvalue weighted by molar-refractivity contribution is 0.139. The predicted molar refractivity (Wildman–Crippen MR) is 73.4 cm³/mol. The molecule has 0 aromatic rings. The van der Waals surface area contributed by atoms with E-state index < -0.39 is 0 Å². The maximum absolute atomic E-state index is 3.49. The molecule has 3 heteroatoms. The van der Waals surface area contributed by atoms with Gasteiger partial charge in [0.25, 0.3) is 0 Å². The molecule has 3 nitrogen and oxygen atoms in total. The van der Waals surface area contributed by atoms with Crippen molar-refractivity contribution in [3.05, 3.63) is 0 Å². The van der Waals surface area contributed by atoms with Crippen LogP contribution in [0.4, 0.5) is 0 Å². The van der Waals surface area contributed by atoms with Crippen LogP contribution in [0, 0.1) is 5.92 Å². The molecule has 2 aliphatic rings. The van der Waals surface area contributed by atoms with Crippen molar-refractivity contribution in [2.75, 3.05) is 46.3 Å². The maximum atomic E-state index is 3.49. The van der Waals surface area contributed by atoms with Gasteiger partial charge in [0, 0.05) is 19.1 Å². The fraction of sp³-hybridized carbons (Fsp3) is 1.00. The number of nitrogens with one attached hydrogen (secondary N) is 1. The van der Waals surface area contributed by atoms with Crippen molar-refractivity contribution in [1.82, 2.24) is 15.1 Å². The van der Waals surface area contributed by atoms with Gasteiger partial charge in [0.1, 0.15) is 0 Å². The second-order valence-corrected chi connectivity index (χ2v) is 5.85. The molecule has 2 heterocycles. The first-order valence-corrected chi connectivity index (χ1v) is 7.43. The molecule has 2 atom stereocenters. The van der Waals surface area contributed by atoms with Gasteiger partial charge in [-0.15, -0.1) is 0 Å². The molecule has 2 unspecified atom stereocenters. The van der Waals surface area contributed by atoms with Gasteiger partial charge in [-0.2, -0.15) is 0 Å². The summed E-state index contributed by atoms with van der Waals surface area (Å²) in [5.74, 6) is 0.892. The Kier molecular flexibility index (Phi) is 5.26. The van der Waals surface area contributed by atoms with E-state index >= 15 is 0 Å². The summed E-state index contributed by atoms with van der Waals surface area (Å²) in [4.78, 5) is 5.26. The van der Waals surface area contributed by atoms with Crippen LogP contribution < -0.4 is 5.32 Å². The minimum atomic E-state index is 0.821. The largest absolute Gasteiger partial charge is 0.317 e. The van der Waals surface area contributed by atoms with E-state index in [1.807, 2.05) is 0 Å². The Labute approximate surface area is 107 Å². The Morgan fingerprint density at radius 1 is 1.18 bits per heavy atom. The smallest absolute Gasteiger partial charge is 0.0220 e. The summed E-state index contributed by atoms with van der Waals surface area (Å²) >= 11 is 0. The number of hydrogen-bond acceptors (Lipinski definition) is 3. The van der Waals surface area contributed by atoms with E-state index in [4.69, 9.17) is 0 Å². The monoisotopic (exact) mass is 239 g/mol. The summed E-state index contributed by atoms with van der Waals surface area (Å²) in [5.41, 5.74) is 0. The molecule has 2 fully saturated rings. The fourth-order valence-corrected chi connectivity index (χ4v) is 3.27. The summed E-state index contributed by atoms with van der Waals surface area (Å²) in [6.45, 7) is 9.77. The number of nitrogens with zero attached hydrogens (tertiary/aromatic N) is 2. The molecule has 0 bridgehead atoms. The Balaban J connectivity index is 1.69. The quantitative estimate of drug-likeness (QED) is 0.782. The minimum absolute atomic E-state index is 0.821. The topological polar surface area (TPSA) is 18.5 Å². The zero-order valence-corrected chi connectivity index (χ0v) is 11.6. The molecule has 0 aromatic carbocycles. The summed E-state index contributed by atoms with van der Waals surface area (Å²) in [5, 5.41) is 3.49. The normalized spacial score (nSPS) is 32.1. The Morgan fingerprint density at radius 2 is 2.06 bits per heavy atom. The van der Waals surface area contributed by atoms with Gasteiger partial charge >= 0.3 is 0 Å². The first-order valence-electron chi connectivity index (χ1n) is 7.43. The van der Waals surface area contributed by atoms with Gasteiger partial charge in [0.05, 0.1) is 0 Å². The third-order valence-electron chi connectivity index (χ3n) is 4.44. The van der Waals surface area contributed by atoms with Crippen molar-refractivity contribution >= 4 is 0 Å². The summed E-state index contributed by atoms with van der Waals surface area (Å²) in [7, 11) is 2.30. The van der Waals surface area contributed by atoms with Crippen molar-refractivity contribution in [3.63, 3.8) is 0 Å². The van der Waals surface area contributed by atoms with Crippen LogP contribution in [-0.2, 0) is 0 Å². The summed E-state index contributed by atoms with van der Waals surface area (Å²) in [6, 6.07) is 0.821. The highest BCUT2D eigenvalue weighted by molar-refractivity contribution is 4.83. The molecular weight excluding hydrogens is 210 g/mol. The molecular formula is C14H29N3. The third-order valence-corrected chi connectivity index (χ3v) is 4.44. The Morgan fingerprint density at radius 3 is 2.82 bits per heavy atom. The van der Waals surface area contributed by atoms with E-state index in [1.165, 1.54) is 58.4 Å². The van der Waals surface area contributed by atoms with Gasteiger partial charge in [0.15, 0.2) is 0 Å². The highest BCUT2D eigenvalue weighted by Gasteiger charge is 2.26. The van der Waals surface area contributed by atoms with E-state index in [-0.39, 0.29) is 0 Å². The van der Waals surface area contributed by atoms with Crippen molar-refractivity contribution in [2.24, 2.45) is 5.92 Å². The van der Waals surface area contributed by atoms with Crippen LogP contribution in [0.15, 0.2) is 0 Å². The van der Waals surface area contributed by atoms with Crippen molar-refractivity contribution < 1.29 is 0 Å². The minimum Gasteiger partial charge on any atom is -0.317 e. The van der Waals surface area contributed by atoms with Gasteiger partial charge in [-0.25, -0.2) is 0 Å². The number of likely N-dealkylation sites (N-methyl/N-ethyl adjacent to an activating group) is 1. The second-order valence-electron chi connectivity index (χ2n) is 5.85. The summed E-state index contributed by atoms with van der Waals surface area (Å²) in [6.07, 6.45) is 5.63. The lowest BCUT2D eigenvalue weighted by Gasteiger charge is -2.35. The van der Waals surface area contributed by atoms with E-state index in [2.05, 4.69) is 29.1 Å². The molecule has 100 valence electrons. The van der Waals surface area contributed by atoms with Crippen LogP contribution in [0.1, 0.15) is 32.6 Å². The molecule has 0 radical (unpaired) electrons. The zero-order valence-electron chi connectivity index (χ0n) is 11.6. The van der Waals surface area contributed by atoms with E-state index in [0.717, 1.165) is 18.5 Å². The van der Waals surface area contributed by atoms with Crippen LogP contribution in [0.2, 0.25) is 0 Å². The molecule has 2 aliphatic heterocycles.